The fourth-order valence-corrected chi connectivity index (χ4v) is 0.595. The van der Waals surface area contributed by atoms with Crippen LogP contribution in [0.2, 0.25) is 0 Å². The Morgan fingerprint density at radius 2 is 2.40 bits per heavy atom. The smallest absolute Gasteiger partial charge is 0.406 e. The third-order valence-corrected chi connectivity index (χ3v) is 1.04. The van der Waals surface area contributed by atoms with Crippen LogP contribution in [0.3, 0.4) is 0 Å². The number of carbonyl (C=O) groups excluding carboxylic acids is 1. The van der Waals surface area contributed by atoms with Crippen LogP contribution in [0.25, 0.3) is 0 Å². The quantitative estimate of drug-likeness (QED) is 0.554. The maximum atomic E-state index is 10.1. The Bertz CT molecular complexity index is 109. The van der Waals surface area contributed by atoms with Gasteiger partial charge in [0.15, 0.2) is 0 Å². The molecule has 60 valence electrons. The van der Waals surface area contributed by atoms with Crippen LogP contribution in [-0.4, -0.2) is 24.3 Å². The molecular weight excluding hydrogens is 202 g/mol. The number of halogens is 1. The topological polar surface area (TPSA) is 61.6 Å². The molecule has 1 unspecified atom stereocenters. The van der Waals surface area contributed by atoms with Crippen LogP contribution in [0.15, 0.2) is 0 Å². The van der Waals surface area contributed by atoms with Crippen molar-refractivity contribution in [2.45, 2.75) is 13.2 Å². The first-order valence-corrected chi connectivity index (χ1v) is 3.92. The molecule has 10 heavy (non-hydrogen) atoms. The van der Waals surface area contributed by atoms with E-state index in [0.29, 0.717) is 11.9 Å². The van der Waals surface area contributed by atoms with Crippen LogP contribution in [0.5, 0.6) is 0 Å². The van der Waals surface area contributed by atoms with E-state index >= 15 is 0 Å². The molecule has 0 spiro atoms. The number of alkyl halides is 1. The second-order valence-electron chi connectivity index (χ2n) is 1.56. The van der Waals surface area contributed by atoms with E-state index in [2.05, 4.69) is 20.7 Å². The van der Waals surface area contributed by atoms with Gasteiger partial charge in [-0.3, -0.25) is 0 Å². The van der Waals surface area contributed by atoms with E-state index in [9.17, 15) is 4.79 Å². The zero-order chi connectivity index (χ0) is 7.98. The first-order chi connectivity index (χ1) is 4.66. The number of nitrogens with two attached hydrogens (primary N) is 1. The average molecular weight is 212 g/mol. The van der Waals surface area contributed by atoms with Crippen molar-refractivity contribution in [1.29, 1.82) is 0 Å². The molecule has 0 aliphatic rings. The molecule has 0 saturated heterocycles. The van der Waals surface area contributed by atoms with Gasteiger partial charge in [-0.2, -0.15) is 0 Å². The van der Waals surface area contributed by atoms with Gasteiger partial charge < -0.3 is 15.2 Å². The molecule has 0 heterocycles. The maximum absolute atomic E-state index is 10.1. The Hall–Kier alpha value is -0.290. The molecule has 0 fully saturated rings. The molecule has 0 aromatic rings. The van der Waals surface area contributed by atoms with Crippen LogP contribution in [-0.2, 0) is 9.47 Å². The minimum absolute atomic E-state index is 0.494. The van der Waals surface area contributed by atoms with Crippen LogP contribution < -0.4 is 5.73 Å². The minimum Gasteiger partial charge on any atom is -0.420 e. The van der Waals surface area contributed by atoms with Gasteiger partial charge in [0.25, 0.3) is 0 Å². The zero-order valence-corrected chi connectivity index (χ0v) is 7.26. The lowest BCUT2D eigenvalue weighted by molar-refractivity contribution is -0.0829. The number of hydrogen-bond acceptors (Lipinski definition) is 3. The van der Waals surface area contributed by atoms with Crippen LogP contribution >= 0.6 is 15.9 Å². The fourth-order valence-electron chi connectivity index (χ4n) is 0.408. The van der Waals surface area contributed by atoms with Gasteiger partial charge in [0, 0.05) is 5.33 Å². The summed E-state index contributed by atoms with van der Waals surface area (Å²) in [4.78, 5) is 10.1. The molecule has 0 aromatic heterocycles. The molecule has 2 N–H and O–H groups in total. The normalized spacial score (nSPS) is 12.6. The zero-order valence-electron chi connectivity index (χ0n) is 5.67. The summed E-state index contributed by atoms with van der Waals surface area (Å²) in [5.74, 6) is 0. The lowest BCUT2D eigenvalue weighted by atomic mass is 10.7. The van der Waals surface area contributed by atoms with E-state index in [1.54, 1.807) is 6.92 Å². The number of carbonyl (C=O) groups is 1. The van der Waals surface area contributed by atoms with Gasteiger partial charge in [-0.25, -0.2) is 4.79 Å². The van der Waals surface area contributed by atoms with Crippen molar-refractivity contribution in [1.82, 2.24) is 0 Å². The van der Waals surface area contributed by atoms with Crippen molar-refractivity contribution in [2.75, 3.05) is 11.9 Å². The minimum atomic E-state index is -0.818. The highest BCUT2D eigenvalue weighted by molar-refractivity contribution is 9.09. The monoisotopic (exact) mass is 211 g/mol. The molecule has 4 nitrogen and oxygen atoms in total. The molecule has 0 rings (SSSR count). The van der Waals surface area contributed by atoms with Crippen molar-refractivity contribution in [3.63, 3.8) is 0 Å². The lowest BCUT2D eigenvalue weighted by Gasteiger charge is -2.10. The fraction of sp³-hybridized carbons (Fsp3) is 0.800. The highest BCUT2D eigenvalue weighted by atomic mass is 79.9. The SMILES string of the molecule is CC(OCCBr)OC(N)=O. The second kappa shape index (κ2) is 5.49. The van der Waals surface area contributed by atoms with Crippen LogP contribution in [0.4, 0.5) is 4.79 Å². The second-order valence-corrected chi connectivity index (χ2v) is 2.36. The van der Waals surface area contributed by atoms with E-state index in [-0.39, 0.29) is 0 Å². The Kier molecular flexibility index (Phi) is 5.33. The average Bonchev–Trinajstić information content (AvgIpc) is 1.82. The number of amides is 1. The van der Waals surface area contributed by atoms with Gasteiger partial charge in [-0.05, 0) is 6.92 Å². The number of hydrogen-bond donors (Lipinski definition) is 1. The van der Waals surface area contributed by atoms with Crippen LogP contribution in [0.1, 0.15) is 6.92 Å². The molecule has 1 amide bonds. The Morgan fingerprint density at radius 1 is 1.80 bits per heavy atom. The molecule has 0 radical (unpaired) electrons. The summed E-state index contributed by atoms with van der Waals surface area (Å²) in [6.07, 6.45) is -1.38. The van der Waals surface area contributed by atoms with E-state index in [1.807, 2.05) is 0 Å². The summed E-state index contributed by atoms with van der Waals surface area (Å²) in [6, 6.07) is 0. The third-order valence-electron chi connectivity index (χ3n) is 0.712. The van der Waals surface area contributed by atoms with E-state index in [4.69, 9.17) is 10.5 Å². The molecule has 0 aromatic carbocycles. The Morgan fingerprint density at radius 3 is 2.80 bits per heavy atom. The lowest BCUT2D eigenvalue weighted by Crippen LogP contribution is -2.23. The summed E-state index contributed by atoms with van der Waals surface area (Å²) in [7, 11) is 0. The van der Waals surface area contributed by atoms with Gasteiger partial charge in [0.2, 0.25) is 6.29 Å². The third kappa shape index (κ3) is 5.84. The predicted molar refractivity (Wildman–Crippen MR) is 39.9 cm³/mol. The molecule has 1 atom stereocenters. The summed E-state index contributed by atoms with van der Waals surface area (Å²) in [5.41, 5.74) is 4.71. The number of primary amides is 1. The first-order valence-electron chi connectivity index (χ1n) is 2.80. The van der Waals surface area contributed by atoms with Crippen molar-refractivity contribution >= 4 is 22.0 Å². The first kappa shape index (κ1) is 9.71. The number of ether oxygens (including phenoxy) is 2. The molecule has 0 aliphatic heterocycles. The highest BCUT2D eigenvalue weighted by Gasteiger charge is 2.03. The van der Waals surface area contributed by atoms with Gasteiger partial charge in [-0.15, -0.1) is 0 Å². The van der Waals surface area contributed by atoms with E-state index < -0.39 is 12.4 Å². The van der Waals surface area contributed by atoms with Crippen molar-refractivity contribution in [3.8, 4) is 0 Å². The Balaban J connectivity index is 3.25. The molecular formula is C5H10BrNO3. The summed E-state index contributed by atoms with van der Waals surface area (Å²) >= 11 is 3.15. The molecule has 0 aliphatic carbocycles. The predicted octanol–water partition coefficient (Wildman–Crippen LogP) is 0.839. The van der Waals surface area contributed by atoms with E-state index in [1.165, 1.54) is 0 Å². The van der Waals surface area contributed by atoms with Gasteiger partial charge in [0.1, 0.15) is 0 Å². The van der Waals surface area contributed by atoms with Crippen LogP contribution in [0, 0.1) is 0 Å². The maximum Gasteiger partial charge on any atom is 0.406 e. The summed E-state index contributed by atoms with van der Waals surface area (Å²) in [6.45, 7) is 2.10. The molecule has 0 bridgehead atoms. The van der Waals surface area contributed by atoms with Gasteiger partial charge in [0.05, 0.1) is 6.61 Å². The van der Waals surface area contributed by atoms with Crippen molar-refractivity contribution < 1.29 is 14.3 Å². The standard InChI is InChI=1S/C5H10BrNO3/c1-4(9-3-2-6)10-5(7)8/h4H,2-3H2,1H3,(H2,7,8). The molecule has 0 saturated carbocycles. The van der Waals surface area contributed by atoms with E-state index in [0.717, 1.165) is 0 Å². The Labute approximate surface area is 67.8 Å². The molecule has 5 heteroatoms. The highest BCUT2D eigenvalue weighted by Crippen LogP contribution is 1.93. The van der Waals surface area contributed by atoms with Crippen molar-refractivity contribution in [3.05, 3.63) is 0 Å². The largest absolute Gasteiger partial charge is 0.420 e. The van der Waals surface area contributed by atoms with Gasteiger partial charge in [-0.1, -0.05) is 15.9 Å². The summed E-state index contributed by atoms with van der Waals surface area (Å²) < 4.78 is 9.38. The van der Waals surface area contributed by atoms with Crippen molar-refractivity contribution in [2.24, 2.45) is 5.73 Å². The van der Waals surface area contributed by atoms with Gasteiger partial charge >= 0.3 is 6.09 Å². The summed E-state index contributed by atoms with van der Waals surface area (Å²) in [5, 5.41) is 0.708. The number of rotatable bonds is 4.